The number of hydrogen-bond donors (Lipinski definition) is 1. The van der Waals surface area contributed by atoms with Crippen LogP contribution >= 0.6 is 11.3 Å². The highest BCUT2D eigenvalue weighted by molar-refractivity contribution is 7.94. The van der Waals surface area contributed by atoms with Crippen LogP contribution in [-0.2, 0) is 29.5 Å². The Labute approximate surface area is 151 Å². The van der Waals surface area contributed by atoms with E-state index in [4.69, 9.17) is 9.47 Å². The fraction of sp³-hybridized carbons (Fsp3) is 0.615. The maximum atomic E-state index is 12.7. The molecule has 1 atom stereocenters. The van der Waals surface area contributed by atoms with Gasteiger partial charge in [0.15, 0.2) is 5.90 Å². The molecule has 1 aliphatic rings. The highest BCUT2D eigenvalue weighted by Gasteiger charge is 2.39. The van der Waals surface area contributed by atoms with Crippen LogP contribution < -0.4 is 0 Å². The zero-order chi connectivity index (χ0) is 18.8. The quantitative estimate of drug-likeness (QED) is 0.412. The standard InChI is InChI=1S/C13H20N2O7S3/c1-9(22-3)14-24(17,18)12-7-10-11(16)8-15(5-4-6-21-2)25(19,20)13(10)23-12/h7,11,16H,4-6,8H2,1-3H3/b14-9+. The number of aliphatic hydroxyl groups excluding tert-OH is 1. The van der Waals surface area contributed by atoms with Crippen molar-refractivity contribution in [3.63, 3.8) is 0 Å². The highest BCUT2D eigenvalue weighted by atomic mass is 32.3. The van der Waals surface area contributed by atoms with Crippen molar-refractivity contribution in [2.24, 2.45) is 4.40 Å². The molecule has 0 radical (unpaired) electrons. The second-order valence-corrected chi connectivity index (χ2v) is 10.3. The van der Waals surface area contributed by atoms with E-state index in [1.807, 2.05) is 0 Å². The van der Waals surface area contributed by atoms with E-state index < -0.39 is 26.2 Å². The van der Waals surface area contributed by atoms with Gasteiger partial charge >= 0.3 is 0 Å². The first-order valence-corrected chi connectivity index (χ1v) is 11.0. The van der Waals surface area contributed by atoms with Crippen molar-refractivity contribution in [2.75, 3.05) is 33.9 Å². The minimum atomic E-state index is -4.11. The minimum absolute atomic E-state index is 0.0732. The molecule has 1 aromatic heterocycles. The Morgan fingerprint density at radius 2 is 2.16 bits per heavy atom. The minimum Gasteiger partial charge on any atom is -0.484 e. The Hall–Kier alpha value is -1.05. The monoisotopic (exact) mass is 412 g/mol. The Balaban J connectivity index is 2.43. The van der Waals surface area contributed by atoms with E-state index in [2.05, 4.69) is 4.40 Å². The molecule has 2 rings (SSSR count). The maximum absolute atomic E-state index is 12.7. The lowest BCUT2D eigenvalue weighted by Gasteiger charge is -2.29. The lowest BCUT2D eigenvalue weighted by atomic mass is 10.2. The predicted molar refractivity (Wildman–Crippen MR) is 91.8 cm³/mol. The van der Waals surface area contributed by atoms with Gasteiger partial charge < -0.3 is 14.6 Å². The Morgan fingerprint density at radius 1 is 1.48 bits per heavy atom. The molecule has 0 aliphatic carbocycles. The zero-order valence-electron chi connectivity index (χ0n) is 14.0. The average Bonchev–Trinajstić information content (AvgIpc) is 3.00. The summed E-state index contributed by atoms with van der Waals surface area (Å²) in [5, 5.41) is 10.2. The number of methoxy groups -OCH3 is 2. The summed E-state index contributed by atoms with van der Waals surface area (Å²) in [5.74, 6) is -0.0732. The molecule has 0 saturated carbocycles. The summed E-state index contributed by atoms with van der Waals surface area (Å²) < 4.78 is 63.7. The second-order valence-electron chi connectivity index (χ2n) is 5.32. The molecular weight excluding hydrogens is 392 g/mol. The Kier molecular flexibility index (Phi) is 6.22. The molecule has 2 heterocycles. The number of rotatable bonds is 6. The van der Waals surface area contributed by atoms with Gasteiger partial charge in [0.2, 0.25) is 0 Å². The van der Waals surface area contributed by atoms with Gasteiger partial charge in [-0.25, -0.2) is 8.42 Å². The highest BCUT2D eigenvalue weighted by Crippen LogP contribution is 2.40. The van der Waals surface area contributed by atoms with E-state index in [-0.39, 0.29) is 33.0 Å². The smallest absolute Gasteiger partial charge is 0.294 e. The summed E-state index contributed by atoms with van der Waals surface area (Å²) in [4.78, 5) is 0. The molecular formula is C13H20N2O7S3. The number of hydrogen-bond acceptors (Lipinski definition) is 8. The summed E-state index contributed by atoms with van der Waals surface area (Å²) in [6, 6.07) is 1.16. The van der Waals surface area contributed by atoms with Crippen LogP contribution in [-0.4, -0.2) is 66.1 Å². The molecule has 0 bridgehead atoms. The molecule has 25 heavy (non-hydrogen) atoms. The number of nitrogens with zero attached hydrogens (tertiary/aromatic N) is 2. The van der Waals surface area contributed by atoms with Crippen LogP contribution in [0.3, 0.4) is 0 Å². The van der Waals surface area contributed by atoms with Crippen molar-refractivity contribution in [3.8, 4) is 0 Å². The fourth-order valence-corrected chi connectivity index (χ4v) is 7.12. The van der Waals surface area contributed by atoms with Crippen LogP contribution in [0.15, 0.2) is 18.9 Å². The normalized spacial score (nSPS) is 21.1. The second kappa shape index (κ2) is 7.68. The van der Waals surface area contributed by atoms with E-state index >= 15 is 0 Å². The summed E-state index contributed by atoms with van der Waals surface area (Å²) in [6.45, 7) is 1.79. The molecule has 1 aliphatic heterocycles. The van der Waals surface area contributed by atoms with Gasteiger partial charge in [-0.3, -0.25) is 0 Å². The van der Waals surface area contributed by atoms with Crippen LogP contribution in [0.5, 0.6) is 0 Å². The maximum Gasteiger partial charge on any atom is 0.294 e. The molecule has 142 valence electrons. The van der Waals surface area contributed by atoms with Crippen LogP contribution in [0, 0.1) is 0 Å². The molecule has 0 spiro atoms. The number of sulfonamides is 2. The summed E-state index contributed by atoms with van der Waals surface area (Å²) in [5.41, 5.74) is 0.0804. The van der Waals surface area contributed by atoms with Crippen molar-refractivity contribution in [1.29, 1.82) is 0 Å². The van der Waals surface area contributed by atoms with Crippen LogP contribution in [0.4, 0.5) is 0 Å². The first kappa shape index (κ1) is 20.3. The van der Waals surface area contributed by atoms with Crippen molar-refractivity contribution in [3.05, 3.63) is 11.6 Å². The van der Waals surface area contributed by atoms with Crippen molar-refractivity contribution in [2.45, 2.75) is 27.9 Å². The van der Waals surface area contributed by atoms with Gasteiger partial charge in [-0.15, -0.1) is 15.7 Å². The Morgan fingerprint density at radius 3 is 2.76 bits per heavy atom. The van der Waals surface area contributed by atoms with Gasteiger partial charge in [0.1, 0.15) is 8.42 Å². The van der Waals surface area contributed by atoms with E-state index in [1.54, 1.807) is 0 Å². The number of ether oxygens (including phenoxy) is 2. The van der Waals surface area contributed by atoms with Crippen LogP contribution in [0.1, 0.15) is 25.0 Å². The predicted octanol–water partition coefficient (Wildman–Crippen LogP) is 0.576. The summed E-state index contributed by atoms with van der Waals surface area (Å²) in [6.07, 6.45) is -0.639. The van der Waals surface area contributed by atoms with Crippen molar-refractivity contribution in [1.82, 2.24) is 4.31 Å². The molecule has 0 amide bonds. The average molecular weight is 413 g/mol. The zero-order valence-corrected chi connectivity index (χ0v) is 16.4. The van der Waals surface area contributed by atoms with Crippen LogP contribution in [0.25, 0.3) is 0 Å². The SMILES string of the molecule is COCCCN1CC(O)c2cc(S(=O)(=O)/N=C(\C)OC)sc2S1(=O)=O. The Bertz CT molecular complexity index is 858. The third-order valence-electron chi connectivity index (χ3n) is 3.57. The molecule has 0 fully saturated rings. The van der Waals surface area contributed by atoms with E-state index in [0.29, 0.717) is 24.4 Å². The van der Waals surface area contributed by atoms with Gasteiger partial charge in [0.05, 0.1) is 13.2 Å². The molecule has 1 unspecified atom stereocenters. The third-order valence-corrected chi connectivity index (χ3v) is 8.91. The number of aliphatic hydroxyl groups is 1. The van der Waals surface area contributed by atoms with Crippen molar-refractivity contribution >= 4 is 37.3 Å². The van der Waals surface area contributed by atoms with E-state index in [0.717, 1.165) is 10.4 Å². The number of thiophene rings is 1. The first-order chi connectivity index (χ1) is 11.6. The molecule has 12 heteroatoms. The lowest BCUT2D eigenvalue weighted by molar-refractivity contribution is 0.131. The largest absolute Gasteiger partial charge is 0.484 e. The van der Waals surface area contributed by atoms with Gasteiger partial charge in [-0.05, 0) is 12.5 Å². The van der Waals surface area contributed by atoms with E-state index in [9.17, 15) is 21.9 Å². The summed E-state index contributed by atoms with van der Waals surface area (Å²) in [7, 11) is -5.20. The fourth-order valence-electron chi connectivity index (χ4n) is 2.28. The van der Waals surface area contributed by atoms with Gasteiger partial charge in [0, 0.05) is 39.3 Å². The van der Waals surface area contributed by atoms with E-state index in [1.165, 1.54) is 21.1 Å². The molecule has 0 aromatic carbocycles. The summed E-state index contributed by atoms with van der Waals surface area (Å²) >= 11 is 0.577. The topological polar surface area (TPSA) is 123 Å². The molecule has 0 saturated heterocycles. The molecule has 1 N–H and O–H groups in total. The molecule has 1 aromatic rings. The van der Waals surface area contributed by atoms with Gasteiger partial charge in [0.25, 0.3) is 20.0 Å². The third kappa shape index (κ3) is 4.20. The molecule has 9 nitrogen and oxygen atoms in total. The van der Waals surface area contributed by atoms with Crippen LogP contribution in [0.2, 0.25) is 0 Å². The van der Waals surface area contributed by atoms with Crippen molar-refractivity contribution < 1.29 is 31.4 Å². The number of β-amino-alcohol motifs (C(OH)–C–C–N with tert-alkyl or cyclic N) is 1. The number of fused-ring (bicyclic) bond motifs is 1. The van der Waals surface area contributed by atoms with Gasteiger partial charge in [-0.1, -0.05) is 0 Å². The lowest BCUT2D eigenvalue weighted by Crippen LogP contribution is -2.39. The van der Waals surface area contributed by atoms with Gasteiger partial charge in [-0.2, -0.15) is 12.7 Å². The first-order valence-electron chi connectivity index (χ1n) is 7.30.